The van der Waals surface area contributed by atoms with E-state index in [1.54, 1.807) is 6.07 Å². The second kappa shape index (κ2) is 4.40. The molecule has 3 nitrogen and oxygen atoms in total. The molecule has 5 heteroatoms. The third-order valence-corrected chi connectivity index (χ3v) is 3.44. The van der Waals surface area contributed by atoms with Gasteiger partial charge in [0.1, 0.15) is 5.52 Å². The Labute approximate surface area is 120 Å². The lowest BCUT2D eigenvalue weighted by Crippen LogP contribution is -1.81. The highest BCUT2D eigenvalue weighted by molar-refractivity contribution is 9.11. The first-order chi connectivity index (χ1) is 8.61. The summed E-state index contributed by atoms with van der Waals surface area (Å²) in [6.07, 6.45) is 0. The van der Waals surface area contributed by atoms with Crippen LogP contribution in [-0.4, -0.2) is 4.98 Å². The summed E-state index contributed by atoms with van der Waals surface area (Å²) < 4.78 is 7.64. The highest BCUT2D eigenvalue weighted by Gasteiger charge is 2.09. The second-order valence-electron chi connectivity index (χ2n) is 3.90. The summed E-state index contributed by atoms with van der Waals surface area (Å²) in [6, 6.07) is 11.3. The standard InChI is InChI=1S/C13H8Br2N2O/c14-8-3-7(4-9(15)5-8)13-17-11-2-1-10(16)6-12(11)18-13/h1-6H,16H2. The first kappa shape index (κ1) is 11.7. The second-order valence-corrected chi connectivity index (χ2v) is 5.74. The number of hydrogen-bond acceptors (Lipinski definition) is 3. The molecule has 0 fully saturated rings. The van der Waals surface area contributed by atoms with Gasteiger partial charge < -0.3 is 10.2 Å². The Morgan fingerprint density at radius 3 is 2.44 bits per heavy atom. The fourth-order valence-electron chi connectivity index (χ4n) is 1.74. The maximum atomic E-state index is 5.72. The van der Waals surface area contributed by atoms with Crippen molar-refractivity contribution in [2.45, 2.75) is 0 Å². The third-order valence-electron chi connectivity index (χ3n) is 2.52. The van der Waals surface area contributed by atoms with E-state index in [-0.39, 0.29) is 0 Å². The third kappa shape index (κ3) is 2.15. The van der Waals surface area contributed by atoms with Crippen LogP contribution in [0.3, 0.4) is 0 Å². The molecule has 0 saturated carbocycles. The Balaban J connectivity index is 2.19. The van der Waals surface area contributed by atoms with Gasteiger partial charge in [0.25, 0.3) is 0 Å². The molecule has 3 rings (SSSR count). The zero-order valence-corrected chi connectivity index (χ0v) is 12.3. The molecule has 0 bridgehead atoms. The number of benzene rings is 2. The van der Waals surface area contributed by atoms with Crippen molar-refractivity contribution in [2.24, 2.45) is 0 Å². The molecule has 0 amide bonds. The van der Waals surface area contributed by atoms with Crippen molar-refractivity contribution in [1.29, 1.82) is 0 Å². The molecule has 0 atom stereocenters. The molecule has 90 valence electrons. The van der Waals surface area contributed by atoms with Gasteiger partial charge in [0.2, 0.25) is 5.89 Å². The van der Waals surface area contributed by atoms with Crippen LogP contribution in [0.2, 0.25) is 0 Å². The lowest BCUT2D eigenvalue weighted by atomic mass is 10.2. The highest BCUT2D eigenvalue weighted by Crippen LogP contribution is 2.30. The molecule has 2 aromatic carbocycles. The summed E-state index contributed by atoms with van der Waals surface area (Å²) in [6.45, 7) is 0. The van der Waals surface area contributed by atoms with Gasteiger partial charge in [0.05, 0.1) is 0 Å². The Kier molecular flexibility index (Phi) is 2.87. The first-order valence-corrected chi connectivity index (χ1v) is 6.83. The fraction of sp³-hybridized carbons (Fsp3) is 0. The molecule has 0 aliphatic carbocycles. The molecular weight excluding hydrogens is 360 g/mol. The average molecular weight is 368 g/mol. The topological polar surface area (TPSA) is 52.0 Å². The van der Waals surface area contributed by atoms with Crippen LogP contribution in [0.5, 0.6) is 0 Å². The van der Waals surface area contributed by atoms with Crippen LogP contribution >= 0.6 is 31.9 Å². The number of nitrogen functional groups attached to an aromatic ring is 1. The van der Waals surface area contributed by atoms with Gasteiger partial charge in [-0.25, -0.2) is 4.98 Å². The average Bonchev–Trinajstić information content (AvgIpc) is 2.70. The highest BCUT2D eigenvalue weighted by atomic mass is 79.9. The van der Waals surface area contributed by atoms with Crippen LogP contribution in [0.25, 0.3) is 22.6 Å². The van der Waals surface area contributed by atoms with Crippen LogP contribution in [0, 0.1) is 0 Å². The van der Waals surface area contributed by atoms with Crippen molar-refractivity contribution in [3.05, 3.63) is 45.3 Å². The SMILES string of the molecule is Nc1ccc2nc(-c3cc(Br)cc(Br)c3)oc2c1. The van der Waals surface area contributed by atoms with Crippen molar-refractivity contribution in [3.63, 3.8) is 0 Å². The van der Waals surface area contributed by atoms with E-state index in [0.29, 0.717) is 17.2 Å². The molecule has 1 aromatic heterocycles. The van der Waals surface area contributed by atoms with Crippen molar-refractivity contribution in [3.8, 4) is 11.5 Å². The summed E-state index contributed by atoms with van der Waals surface area (Å²) in [5.41, 5.74) is 8.79. The summed E-state index contributed by atoms with van der Waals surface area (Å²) in [4.78, 5) is 4.44. The number of anilines is 1. The molecule has 0 saturated heterocycles. The van der Waals surface area contributed by atoms with E-state index >= 15 is 0 Å². The van der Waals surface area contributed by atoms with Crippen molar-refractivity contribution in [2.75, 3.05) is 5.73 Å². The Bertz CT molecular complexity index is 717. The van der Waals surface area contributed by atoms with E-state index in [0.717, 1.165) is 20.0 Å². The lowest BCUT2D eigenvalue weighted by Gasteiger charge is -1.98. The number of nitrogens with two attached hydrogens (primary N) is 1. The molecule has 3 aromatic rings. The van der Waals surface area contributed by atoms with Crippen LogP contribution < -0.4 is 5.73 Å². The maximum Gasteiger partial charge on any atom is 0.227 e. The van der Waals surface area contributed by atoms with Gasteiger partial charge in [0, 0.05) is 26.3 Å². The number of nitrogens with zero attached hydrogens (tertiary/aromatic N) is 1. The first-order valence-electron chi connectivity index (χ1n) is 5.24. The molecule has 0 aliphatic heterocycles. The van der Waals surface area contributed by atoms with Crippen molar-refractivity contribution < 1.29 is 4.42 Å². The van der Waals surface area contributed by atoms with Gasteiger partial charge in [0.15, 0.2) is 5.58 Å². The molecule has 0 aliphatic rings. The quantitative estimate of drug-likeness (QED) is 0.639. The van der Waals surface area contributed by atoms with Gasteiger partial charge in [-0.3, -0.25) is 0 Å². The van der Waals surface area contributed by atoms with E-state index in [2.05, 4.69) is 36.8 Å². The zero-order chi connectivity index (χ0) is 12.7. The minimum atomic E-state index is 0.581. The molecule has 1 heterocycles. The van der Waals surface area contributed by atoms with Gasteiger partial charge in [-0.05, 0) is 30.3 Å². The van der Waals surface area contributed by atoms with Crippen LogP contribution in [0.4, 0.5) is 5.69 Å². The van der Waals surface area contributed by atoms with Crippen LogP contribution in [-0.2, 0) is 0 Å². The monoisotopic (exact) mass is 366 g/mol. The molecule has 0 spiro atoms. The Morgan fingerprint density at radius 2 is 1.72 bits per heavy atom. The van der Waals surface area contributed by atoms with E-state index in [1.165, 1.54) is 0 Å². The van der Waals surface area contributed by atoms with Gasteiger partial charge in [-0.1, -0.05) is 31.9 Å². The zero-order valence-electron chi connectivity index (χ0n) is 9.15. The van der Waals surface area contributed by atoms with E-state index in [4.69, 9.17) is 10.2 Å². The maximum absolute atomic E-state index is 5.72. The summed E-state index contributed by atoms with van der Waals surface area (Å²) in [5.74, 6) is 0.581. The van der Waals surface area contributed by atoms with E-state index < -0.39 is 0 Å². The van der Waals surface area contributed by atoms with Gasteiger partial charge in [-0.15, -0.1) is 0 Å². The largest absolute Gasteiger partial charge is 0.436 e. The van der Waals surface area contributed by atoms with Crippen LogP contribution in [0.15, 0.2) is 49.8 Å². The van der Waals surface area contributed by atoms with E-state index in [9.17, 15) is 0 Å². The number of rotatable bonds is 1. The van der Waals surface area contributed by atoms with E-state index in [1.807, 2.05) is 30.3 Å². The Morgan fingerprint density at radius 1 is 1.00 bits per heavy atom. The Hall–Kier alpha value is -1.33. The number of halogens is 2. The summed E-state index contributed by atoms with van der Waals surface area (Å²) in [7, 11) is 0. The molecule has 18 heavy (non-hydrogen) atoms. The molecular formula is C13H8Br2N2O. The summed E-state index contributed by atoms with van der Waals surface area (Å²) in [5, 5.41) is 0. The predicted octanol–water partition coefficient (Wildman–Crippen LogP) is 4.60. The predicted molar refractivity (Wildman–Crippen MR) is 79.3 cm³/mol. The summed E-state index contributed by atoms with van der Waals surface area (Å²) >= 11 is 6.89. The van der Waals surface area contributed by atoms with Crippen molar-refractivity contribution in [1.82, 2.24) is 4.98 Å². The number of hydrogen-bond donors (Lipinski definition) is 1. The fourth-order valence-corrected chi connectivity index (χ4v) is 3.04. The number of aromatic nitrogens is 1. The van der Waals surface area contributed by atoms with Crippen molar-refractivity contribution >= 4 is 48.6 Å². The minimum absolute atomic E-state index is 0.581. The molecule has 2 N–H and O–H groups in total. The normalized spacial score (nSPS) is 11.0. The molecule has 0 unspecified atom stereocenters. The van der Waals surface area contributed by atoms with Crippen LogP contribution in [0.1, 0.15) is 0 Å². The smallest absolute Gasteiger partial charge is 0.227 e. The lowest BCUT2D eigenvalue weighted by molar-refractivity contribution is 0.620. The molecule has 0 radical (unpaired) electrons. The van der Waals surface area contributed by atoms with Gasteiger partial charge >= 0.3 is 0 Å². The minimum Gasteiger partial charge on any atom is -0.436 e. The number of oxazole rings is 1. The number of fused-ring (bicyclic) bond motifs is 1. The van der Waals surface area contributed by atoms with Gasteiger partial charge in [-0.2, -0.15) is 0 Å².